The molecule has 15 heavy (non-hydrogen) atoms. The van der Waals surface area contributed by atoms with Crippen LogP contribution in [0.2, 0.25) is 5.15 Å². The summed E-state index contributed by atoms with van der Waals surface area (Å²) in [7, 11) is 0. The Hall–Kier alpha value is -1.35. The largest absolute Gasteiger partial charge is 0.302 e. The van der Waals surface area contributed by atoms with Crippen molar-refractivity contribution in [2.24, 2.45) is 0 Å². The molecule has 2 heterocycles. The van der Waals surface area contributed by atoms with Gasteiger partial charge in [0, 0.05) is 6.20 Å². The monoisotopic (exact) mass is 222 g/mol. The van der Waals surface area contributed by atoms with Crippen LogP contribution < -0.4 is 0 Å². The second-order valence-corrected chi connectivity index (χ2v) is 4.01. The van der Waals surface area contributed by atoms with Crippen LogP contribution >= 0.6 is 11.6 Å². The molecule has 3 nitrogen and oxygen atoms in total. The number of carbonyl (C=O) groups is 1. The maximum absolute atomic E-state index is 11.0. The Morgan fingerprint density at radius 3 is 3.00 bits per heavy atom. The molecule has 2 aromatic heterocycles. The van der Waals surface area contributed by atoms with Gasteiger partial charge in [0.1, 0.15) is 11.6 Å². The summed E-state index contributed by atoms with van der Waals surface area (Å²) >= 11 is 5.99. The van der Waals surface area contributed by atoms with Gasteiger partial charge in [0.15, 0.2) is 5.15 Å². The molecule has 0 unspecified atom stereocenters. The van der Waals surface area contributed by atoms with Crippen molar-refractivity contribution in [3.05, 3.63) is 34.9 Å². The lowest BCUT2D eigenvalue weighted by Gasteiger charge is -1.99. The number of Topliss-reactive ketones (excluding diaryl/α,β-unsaturated/α-hetero) is 1. The van der Waals surface area contributed by atoms with E-state index in [4.69, 9.17) is 11.6 Å². The van der Waals surface area contributed by atoms with E-state index in [2.05, 4.69) is 4.98 Å². The van der Waals surface area contributed by atoms with Gasteiger partial charge in [-0.15, -0.1) is 0 Å². The normalized spacial score (nSPS) is 10.9. The average molecular weight is 223 g/mol. The van der Waals surface area contributed by atoms with Gasteiger partial charge >= 0.3 is 0 Å². The van der Waals surface area contributed by atoms with Crippen molar-refractivity contribution in [1.82, 2.24) is 9.38 Å². The van der Waals surface area contributed by atoms with Crippen molar-refractivity contribution in [3.8, 4) is 0 Å². The summed E-state index contributed by atoms with van der Waals surface area (Å²) < 4.78 is 1.86. The molecule has 2 rings (SSSR count). The first kappa shape index (κ1) is 10.2. The molecule has 78 valence electrons. The van der Waals surface area contributed by atoms with Gasteiger partial charge in [-0.05, 0) is 31.5 Å². The van der Waals surface area contributed by atoms with Gasteiger partial charge in [0.25, 0.3) is 0 Å². The molecule has 2 aromatic rings. The van der Waals surface area contributed by atoms with Crippen LogP contribution in [0.3, 0.4) is 0 Å². The summed E-state index contributed by atoms with van der Waals surface area (Å²) in [6, 6.07) is 3.92. The zero-order valence-electron chi connectivity index (χ0n) is 8.62. The minimum atomic E-state index is 0.0825. The lowest BCUT2D eigenvalue weighted by molar-refractivity contribution is -0.116. The highest BCUT2D eigenvalue weighted by molar-refractivity contribution is 6.32. The number of hydrogen-bond donors (Lipinski definition) is 0. The van der Waals surface area contributed by atoms with Crippen LogP contribution in [0, 0.1) is 6.92 Å². The number of nitrogens with zero attached hydrogens (tertiary/aromatic N) is 2. The van der Waals surface area contributed by atoms with Gasteiger partial charge in [-0.3, -0.25) is 4.79 Å². The van der Waals surface area contributed by atoms with Crippen LogP contribution in [0.1, 0.15) is 18.3 Å². The van der Waals surface area contributed by atoms with Crippen LogP contribution in [0.4, 0.5) is 0 Å². The fourth-order valence-electron chi connectivity index (χ4n) is 1.56. The summed E-state index contributed by atoms with van der Waals surface area (Å²) in [4.78, 5) is 15.2. The number of imidazole rings is 1. The van der Waals surface area contributed by atoms with Gasteiger partial charge in [-0.2, -0.15) is 0 Å². The summed E-state index contributed by atoms with van der Waals surface area (Å²) in [5.41, 5.74) is 1.98. The third kappa shape index (κ3) is 1.88. The van der Waals surface area contributed by atoms with Crippen LogP contribution in [0.15, 0.2) is 18.3 Å². The van der Waals surface area contributed by atoms with Crippen molar-refractivity contribution in [1.29, 1.82) is 0 Å². The minimum Gasteiger partial charge on any atom is -0.302 e. The fourth-order valence-corrected chi connectivity index (χ4v) is 1.80. The highest BCUT2D eigenvalue weighted by atomic mass is 35.5. The number of aromatic nitrogens is 2. The Balaban J connectivity index is 2.62. The molecule has 0 aromatic carbocycles. The molecule has 0 radical (unpaired) electrons. The molecule has 0 amide bonds. The van der Waals surface area contributed by atoms with E-state index in [-0.39, 0.29) is 5.78 Å². The zero-order valence-corrected chi connectivity index (χ0v) is 9.38. The molecule has 0 saturated carbocycles. The molecule has 0 aliphatic rings. The Morgan fingerprint density at radius 2 is 2.33 bits per heavy atom. The van der Waals surface area contributed by atoms with Gasteiger partial charge in [0.05, 0.1) is 11.9 Å². The van der Waals surface area contributed by atoms with Crippen LogP contribution in [-0.2, 0) is 11.2 Å². The lowest BCUT2D eigenvalue weighted by Crippen LogP contribution is -2.01. The van der Waals surface area contributed by atoms with Crippen molar-refractivity contribution in [2.75, 3.05) is 0 Å². The predicted octanol–water partition coefficient (Wildman–Crippen LogP) is 2.43. The first-order valence-electron chi connectivity index (χ1n) is 4.70. The highest BCUT2D eigenvalue weighted by Crippen LogP contribution is 2.19. The molecule has 0 saturated heterocycles. The number of halogens is 1. The standard InChI is InChI=1S/C11H11ClN2O/c1-7-3-4-14-9(5-7)11(12)13-10(14)6-8(2)15/h3-5H,6H2,1-2H3. The summed E-state index contributed by atoms with van der Waals surface area (Å²) in [5.74, 6) is 0.779. The van der Waals surface area contributed by atoms with Crippen LogP contribution in [0.25, 0.3) is 5.52 Å². The number of ketones is 1. The van der Waals surface area contributed by atoms with Crippen molar-refractivity contribution in [3.63, 3.8) is 0 Å². The predicted molar refractivity (Wildman–Crippen MR) is 59.3 cm³/mol. The SMILES string of the molecule is CC(=O)Cc1nc(Cl)c2cc(C)ccn12. The quantitative estimate of drug-likeness (QED) is 0.782. The van der Waals surface area contributed by atoms with E-state index in [1.54, 1.807) is 6.92 Å². The maximum atomic E-state index is 11.0. The molecule has 0 fully saturated rings. The number of aryl methyl sites for hydroxylation is 1. The van der Waals surface area contributed by atoms with E-state index >= 15 is 0 Å². The Labute approximate surface area is 92.7 Å². The van der Waals surface area contributed by atoms with Crippen LogP contribution in [0.5, 0.6) is 0 Å². The summed E-state index contributed by atoms with van der Waals surface area (Å²) in [6.07, 6.45) is 2.21. The number of rotatable bonds is 2. The molecule has 0 atom stereocenters. The van der Waals surface area contributed by atoms with E-state index in [0.29, 0.717) is 17.4 Å². The average Bonchev–Trinajstić information content (AvgIpc) is 2.42. The molecule has 0 aliphatic carbocycles. The smallest absolute Gasteiger partial charge is 0.155 e. The molecule has 0 spiro atoms. The van der Waals surface area contributed by atoms with Crippen LogP contribution in [-0.4, -0.2) is 15.2 Å². The molecule has 0 bridgehead atoms. The second-order valence-electron chi connectivity index (χ2n) is 3.66. The van der Waals surface area contributed by atoms with Crippen molar-refractivity contribution in [2.45, 2.75) is 20.3 Å². The Morgan fingerprint density at radius 1 is 1.60 bits per heavy atom. The number of pyridine rings is 1. The molecular formula is C11H11ClN2O. The number of carbonyl (C=O) groups excluding carboxylic acids is 1. The Bertz CT molecular complexity index is 531. The van der Waals surface area contributed by atoms with Gasteiger partial charge in [0.2, 0.25) is 0 Å². The van der Waals surface area contributed by atoms with Crippen molar-refractivity contribution >= 4 is 22.9 Å². The molecular weight excluding hydrogens is 212 g/mol. The van der Waals surface area contributed by atoms with Gasteiger partial charge in [-0.1, -0.05) is 11.6 Å². The summed E-state index contributed by atoms with van der Waals surface area (Å²) in [6.45, 7) is 3.54. The Kier molecular flexibility index (Phi) is 2.49. The fraction of sp³-hybridized carbons (Fsp3) is 0.273. The number of hydrogen-bond acceptors (Lipinski definition) is 2. The van der Waals surface area contributed by atoms with Gasteiger partial charge < -0.3 is 4.40 Å². The third-order valence-corrected chi connectivity index (χ3v) is 2.51. The van der Waals surface area contributed by atoms with E-state index < -0.39 is 0 Å². The zero-order chi connectivity index (χ0) is 11.0. The minimum absolute atomic E-state index is 0.0825. The maximum Gasteiger partial charge on any atom is 0.155 e. The first-order valence-corrected chi connectivity index (χ1v) is 5.08. The van der Waals surface area contributed by atoms with E-state index in [9.17, 15) is 4.79 Å². The lowest BCUT2D eigenvalue weighted by atomic mass is 10.2. The van der Waals surface area contributed by atoms with E-state index in [1.807, 2.05) is 29.7 Å². The van der Waals surface area contributed by atoms with E-state index in [1.165, 1.54) is 0 Å². The molecule has 4 heteroatoms. The molecule has 0 N–H and O–H groups in total. The first-order chi connectivity index (χ1) is 7.08. The number of fused-ring (bicyclic) bond motifs is 1. The van der Waals surface area contributed by atoms with E-state index in [0.717, 1.165) is 11.1 Å². The third-order valence-electron chi connectivity index (χ3n) is 2.23. The topological polar surface area (TPSA) is 34.4 Å². The van der Waals surface area contributed by atoms with Gasteiger partial charge in [-0.25, -0.2) is 4.98 Å². The molecule has 0 aliphatic heterocycles. The second kappa shape index (κ2) is 3.66. The summed E-state index contributed by atoms with van der Waals surface area (Å²) in [5, 5.41) is 0.454. The van der Waals surface area contributed by atoms with Crippen molar-refractivity contribution < 1.29 is 4.79 Å². The highest BCUT2D eigenvalue weighted by Gasteiger charge is 2.10.